The second kappa shape index (κ2) is 8.15. The van der Waals surface area contributed by atoms with E-state index in [1.807, 2.05) is 36.9 Å². The van der Waals surface area contributed by atoms with E-state index in [1.165, 1.54) is 5.56 Å². The molecule has 5 nitrogen and oxygen atoms in total. The summed E-state index contributed by atoms with van der Waals surface area (Å²) < 4.78 is 0. The zero-order valence-electron chi connectivity index (χ0n) is 13.8. The number of likely N-dealkylation sites (N-methyl/N-ethyl adjacent to an activating group) is 1. The van der Waals surface area contributed by atoms with Gasteiger partial charge in [-0.25, -0.2) is 0 Å². The number of amides is 1. The predicted octanol–water partition coefficient (Wildman–Crippen LogP) is 1.25. The Morgan fingerprint density at radius 3 is 2.27 bits per heavy atom. The molecule has 0 aromatic heterocycles. The van der Waals surface area contributed by atoms with Crippen molar-refractivity contribution in [3.63, 3.8) is 0 Å². The molecule has 1 heterocycles. The first-order valence-corrected chi connectivity index (χ1v) is 8.19. The lowest BCUT2D eigenvalue weighted by Gasteiger charge is -2.35. The number of carbonyl (C=O) groups excluding carboxylic acids is 1. The third kappa shape index (κ3) is 4.45. The first-order chi connectivity index (χ1) is 10.6. The number of nitrogens with two attached hydrogens (primary N) is 1. The molecule has 1 amide bonds. The van der Waals surface area contributed by atoms with Crippen molar-refractivity contribution >= 4 is 11.6 Å². The van der Waals surface area contributed by atoms with Gasteiger partial charge in [0.05, 0.1) is 6.54 Å². The minimum absolute atomic E-state index is 0.241. The van der Waals surface area contributed by atoms with E-state index in [0.29, 0.717) is 6.54 Å². The van der Waals surface area contributed by atoms with Crippen molar-refractivity contribution in [3.05, 3.63) is 29.8 Å². The fourth-order valence-electron chi connectivity index (χ4n) is 2.89. The zero-order valence-corrected chi connectivity index (χ0v) is 13.8. The lowest BCUT2D eigenvalue weighted by atomic mass is 10.1. The van der Waals surface area contributed by atoms with E-state index in [4.69, 9.17) is 5.73 Å². The zero-order chi connectivity index (χ0) is 15.9. The minimum Gasteiger partial charge on any atom is -0.398 e. The van der Waals surface area contributed by atoms with Gasteiger partial charge >= 0.3 is 0 Å². The predicted molar refractivity (Wildman–Crippen MR) is 90.5 cm³/mol. The van der Waals surface area contributed by atoms with Gasteiger partial charge in [0.1, 0.15) is 0 Å². The van der Waals surface area contributed by atoms with Gasteiger partial charge in [-0.2, -0.15) is 0 Å². The third-order valence-corrected chi connectivity index (χ3v) is 4.39. The first kappa shape index (κ1) is 16.8. The lowest BCUT2D eigenvalue weighted by Crippen LogP contribution is -2.49. The van der Waals surface area contributed by atoms with Crippen LogP contribution in [-0.4, -0.2) is 66.4 Å². The number of nitrogens with zero attached hydrogens (tertiary/aromatic N) is 3. The van der Waals surface area contributed by atoms with Crippen LogP contribution >= 0.6 is 0 Å². The summed E-state index contributed by atoms with van der Waals surface area (Å²) in [6, 6.07) is 8.04. The highest BCUT2D eigenvalue weighted by atomic mass is 16.2. The smallest absolute Gasteiger partial charge is 0.236 e. The highest BCUT2D eigenvalue weighted by Crippen LogP contribution is 2.14. The molecule has 1 saturated heterocycles. The molecule has 0 atom stereocenters. The molecule has 2 N–H and O–H groups in total. The number of nitrogen functional groups attached to an aromatic ring is 1. The number of piperazine rings is 1. The highest BCUT2D eigenvalue weighted by Gasteiger charge is 2.21. The summed E-state index contributed by atoms with van der Waals surface area (Å²) in [6.45, 7) is 10.9. The van der Waals surface area contributed by atoms with Crippen molar-refractivity contribution in [3.8, 4) is 0 Å². The van der Waals surface area contributed by atoms with Crippen molar-refractivity contribution in [2.24, 2.45) is 0 Å². The normalized spacial score (nSPS) is 16.6. The van der Waals surface area contributed by atoms with E-state index >= 15 is 0 Å². The van der Waals surface area contributed by atoms with Crippen LogP contribution in [0.15, 0.2) is 24.3 Å². The van der Waals surface area contributed by atoms with Gasteiger partial charge < -0.3 is 10.6 Å². The molecular formula is C17H28N4O. The SMILES string of the molecule is CCN(CC)C(=O)CN1CCN(Cc2ccccc2N)CC1. The summed E-state index contributed by atoms with van der Waals surface area (Å²) >= 11 is 0. The number of hydrogen-bond acceptors (Lipinski definition) is 4. The Labute approximate surface area is 133 Å². The van der Waals surface area contributed by atoms with Crippen LogP contribution in [0.2, 0.25) is 0 Å². The van der Waals surface area contributed by atoms with Crippen LogP contribution in [0.1, 0.15) is 19.4 Å². The Kier molecular flexibility index (Phi) is 6.21. The molecule has 1 aliphatic heterocycles. The Morgan fingerprint density at radius 2 is 1.68 bits per heavy atom. The molecule has 0 unspecified atom stereocenters. The van der Waals surface area contributed by atoms with Gasteiger partial charge in [-0.05, 0) is 25.5 Å². The molecule has 0 spiro atoms. The molecule has 0 saturated carbocycles. The molecule has 0 aliphatic carbocycles. The first-order valence-electron chi connectivity index (χ1n) is 8.19. The fourth-order valence-corrected chi connectivity index (χ4v) is 2.89. The van der Waals surface area contributed by atoms with Gasteiger partial charge in [-0.15, -0.1) is 0 Å². The van der Waals surface area contributed by atoms with Crippen molar-refractivity contribution < 1.29 is 4.79 Å². The van der Waals surface area contributed by atoms with Crippen molar-refractivity contribution in [2.75, 3.05) is 51.5 Å². The summed E-state index contributed by atoms with van der Waals surface area (Å²) in [4.78, 5) is 18.7. The van der Waals surface area contributed by atoms with Gasteiger partial charge in [-0.1, -0.05) is 18.2 Å². The lowest BCUT2D eigenvalue weighted by molar-refractivity contribution is -0.132. The number of carbonyl (C=O) groups is 1. The summed E-state index contributed by atoms with van der Waals surface area (Å²) in [5.41, 5.74) is 8.06. The van der Waals surface area contributed by atoms with Crippen LogP contribution in [0.5, 0.6) is 0 Å². The maximum absolute atomic E-state index is 12.1. The maximum Gasteiger partial charge on any atom is 0.236 e. The van der Waals surface area contributed by atoms with Crippen LogP contribution < -0.4 is 5.73 Å². The minimum atomic E-state index is 0.241. The second-order valence-electron chi connectivity index (χ2n) is 5.82. The molecule has 5 heteroatoms. The monoisotopic (exact) mass is 304 g/mol. The molecule has 0 radical (unpaired) electrons. The van der Waals surface area contributed by atoms with E-state index < -0.39 is 0 Å². The Balaban J connectivity index is 1.78. The van der Waals surface area contributed by atoms with Crippen molar-refractivity contribution in [1.82, 2.24) is 14.7 Å². The fraction of sp³-hybridized carbons (Fsp3) is 0.588. The second-order valence-corrected chi connectivity index (χ2v) is 5.82. The Morgan fingerprint density at radius 1 is 1.09 bits per heavy atom. The average molecular weight is 304 g/mol. The van der Waals surface area contributed by atoms with Gasteiger partial charge in [0.2, 0.25) is 5.91 Å². The molecule has 1 aliphatic rings. The van der Waals surface area contributed by atoms with E-state index in [9.17, 15) is 4.79 Å². The van der Waals surface area contributed by atoms with Crippen LogP contribution in [-0.2, 0) is 11.3 Å². The molecule has 1 fully saturated rings. The van der Waals surface area contributed by atoms with Gasteiger partial charge in [0.15, 0.2) is 0 Å². The number of hydrogen-bond donors (Lipinski definition) is 1. The van der Waals surface area contributed by atoms with E-state index in [-0.39, 0.29) is 5.91 Å². The van der Waals surface area contributed by atoms with E-state index in [0.717, 1.165) is 51.5 Å². The van der Waals surface area contributed by atoms with Crippen LogP contribution in [0.3, 0.4) is 0 Å². The number of benzene rings is 1. The number of para-hydroxylation sites is 1. The molecular weight excluding hydrogens is 276 g/mol. The molecule has 22 heavy (non-hydrogen) atoms. The van der Waals surface area contributed by atoms with Gasteiger partial charge in [-0.3, -0.25) is 14.6 Å². The van der Waals surface area contributed by atoms with Gasteiger partial charge in [0.25, 0.3) is 0 Å². The summed E-state index contributed by atoms with van der Waals surface area (Å²) in [5, 5.41) is 0. The molecule has 122 valence electrons. The third-order valence-electron chi connectivity index (χ3n) is 4.39. The van der Waals surface area contributed by atoms with Crippen molar-refractivity contribution in [2.45, 2.75) is 20.4 Å². The average Bonchev–Trinajstić information content (AvgIpc) is 2.52. The maximum atomic E-state index is 12.1. The van der Waals surface area contributed by atoms with Gasteiger partial charge in [0, 0.05) is 51.5 Å². The Bertz CT molecular complexity index is 479. The topological polar surface area (TPSA) is 52.8 Å². The number of rotatable bonds is 6. The van der Waals surface area contributed by atoms with Crippen LogP contribution in [0.4, 0.5) is 5.69 Å². The van der Waals surface area contributed by atoms with Crippen LogP contribution in [0, 0.1) is 0 Å². The molecule has 1 aromatic carbocycles. The molecule has 1 aromatic rings. The van der Waals surface area contributed by atoms with Crippen molar-refractivity contribution in [1.29, 1.82) is 0 Å². The summed E-state index contributed by atoms with van der Waals surface area (Å²) in [5.74, 6) is 0.241. The summed E-state index contributed by atoms with van der Waals surface area (Å²) in [7, 11) is 0. The highest BCUT2D eigenvalue weighted by molar-refractivity contribution is 5.78. The van der Waals surface area contributed by atoms with E-state index in [1.54, 1.807) is 0 Å². The van der Waals surface area contributed by atoms with E-state index in [2.05, 4.69) is 15.9 Å². The molecule has 0 bridgehead atoms. The standard InChI is InChI=1S/C17H28N4O/c1-3-21(4-2)17(22)14-20-11-9-19(10-12-20)13-15-7-5-6-8-16(15)18/h5-8H,3-4,9-14,18H2,1-2H3. The van der Waals surface area contributed by atoms with Crippen LogP contribution in [0.25, 0.3) is 0 Å². The quantitative estimate of drug-likeness (QED) is 0.804. The Hall–Kier alpha value is -1.59. The summed E-state index contributed by atoms with van der Waals surface area (Å²) in [6.07, 6.45) is 0. The molecule has 2 rings (SSSR count). The number of anilines is 1. The largest absolute Gasteiger partial charge is 0.398 e.